The Bertz CT molecular complexity index is 267. The quantitative estimate of drug-likeness (QED) is 0.631. The molecule has 2 aliphatic rings. The molecular weight excluding hydrogens is 184 g/mol. The van der Waals surface area contributed by atoms with Crippen molar-refractivity contribution >= 4 is 5.78 Å². The molecule has 0 amide bonds. The van der Waals surface area contributed by atoms with Crippen molar-refractivity contribution in [3.63, 3.8) is 0 Å². The number of hydrogen-bond donors (Lipinski definition) is 0. The van der Waals surface area contributed by atoms with Crippen molar-refractivity contribution in [2.45, 2.75) is 46.0 Å². The second-order valence-electron chi connectivity index (χ2n) is 5.27. The third-order valence-corrected chi connectivity index (χ3v) is 4.27. The Morgan fingerprint density at radius 2 is 2.27 bits per heavy atom. The van der Waals surface area contributed by atoms with Crippen LogP contribution in [-0.2, 0) is 4.79 Å². The second kappa shape index (κ2) is 4.51. The van der Waals surface area contributed by atoms with E-state index < -0.39 is 0 Å². The van der Waals surface area contributed by atoms with Gasteiger partial charge in [0, 0.05) is 12.3 Å². The first-order valence-corrected chi connectivity index (χ1v) is 6.43. The fraction of sp³-hybridized carbons (Fsp3) is 0.786. The van der Waals surface area contributed by atoms with Crippen molar-refractivity contribution in [1.29, 1.82) is 0 Å². The largest absolute Gasteiger partial charge is 0.299 e. The summed E-state index contributed by atoms with van der Waals surface area (Å²) in [6, 6.07) is 0. The molecule has 2 rings (SSSR count). The highest BCUT2D eigenvalue weighted by Gasteiger charge is 2.40. The van der Waals surface area contributed by atoms with Crippen LogP contribution in [0.2, 0.25) is 0 Å². The van der Waals surface area contributed by atoms with Gasteiger partial charge in [0.2, 0.25) is 0 Å². The third-order valence-electron chi connectivity index (χ3n) is 4.27. The molecule has 1 fully saturated rings. The van der Waals surface area contributed by atoms with Gasteiger partial charge in [-0.1, -0.05) is 38.8 Å². The molecule has 0 aromatic rings. The van der Waals surface area contributed by atoms with Gasteiger partial charge >= 0.3 is 0 Å². The van der Waals surface area contributed by atoms with Crippen molar-refractivity contribution in [1.82, 2.24) is 0 Å². The van der Waals surface area contributed by atoms with Crippen LogP contribution in [0.25, 0.3) is 0 Å². The monoisotopic (exact) mass is 206 g/mol. The molecular formula is C14H22O. The Morgan fingerprint density at radius 3 is 3.00 bits per heavy atom. The predicted octanol–water partition coefficient (Wildman–Crippen LogP) is 3.59. The zero-order valence-electron chi connectivity index (χ0n) is 9.91. The first-order chi connectivity index (χ1) is 7.24. The smallest absolute Gasteiger partial charge is 0.136 e. The van der Waals surface area contributed by atoms with Gasteiger partial charge < -0.3 is 0 Å². The summed E-state index contributed by atoms with van der Waals surface area (Å²) >= 11 is 0. The number of hydrogen-bond acceptors (Lipinski definition) is 1. The van der Waals surface area contributed by atoms with E-state index in [0.29, 0.717) is 23.5 Å². The van der Waals surface area contributed by atoms with E-state index in [-0.39, 0.29) is 0 Å². The first kappa shape index (κ1) is 10.9. The number of ketones is 1. The van der Waals surface area contributed by atoms with E-state index in [0.717, 1.165) is 25.2 Å². The minimum Gasteiger partial charge on any atom is -0.299 e. The summed E-state index contributed by atoms with van der Waals surface area (Å²) in [7, 11) is 0. The molecule has 0 spiro atoms. The summed E-state index contributed by atoms with van der Waals surface area (Å²) in [5, 5.41) is 0. The van der Waals surface area contributed by atoms with E-state index in [9.17, 15) is 4.79 Å². The molecule has 2 aliphatic carbocycles. The van der Waals surface area contributed by atoms with E-state index in [1.807, 2.05) is 0 Å². The lowest BCUT2D eigenvalue weighted by Gasteiger charge is -2.41. The van der Waals surface area contributed by atoms with Gasteiger partial charge in [0.05, 0.1) is 0 Å². The van der Waals surface area contributed by atoms with E-state index in [4.69, 9.17) is 0 Å². The highest BCUT2D eigenvalue weighted by Crippen LogP contribution is 2.43. The normalized spacial score (nSPS) is 40.3. The Morgan fingerprint density at radius 1 is 1.47 bits per heavy atom. The lowest BCUT2D eigenvalue weighted by molar-refractivity contribution is -0.130. The van der Waals surface area contributed by atoms with Gasteiger partial charge in [0.25, 0.3) is 0 Å². The lowest BCUT2D eigenvalue weighted by Crippen LogP contribution is -2.39. The highest BCUT2D eigenvalue weighted by molar-refractivity contribution is 5.82. The standard InChI is InChI=1S/C14H22O/c1-3-5-11-8-9-13(15)14-10(2)6-4-7-12(11)14/h4,6,10-12,14H,3,5,7-9H2,1-2H3. The van der Waals surface area contributed by atoms with Crippen LogP contribution in [-0.4, -0.2) is 5.78 Å². The van der Waals surface area contributed by atoms with E-state index in [1.165, 1.54) is 12.8 Å². The average Bonchev–Trinajstić information content (AvgIpc) is 2.22. The van der Waals surface area contributed by atoms with Gasteiger partial charge in [-0.25, -0.2) is 0 Å². The van der Waals surface area contributed by atoms with Crippen LogP contribution >= 0.6 is 0 Å². The molecule has 0 bridgehead atoms. The van der Waals surface area contributed by atoms with Gasteiger partial charge in [-0.15, -0.1) is 0 Å². The molecule has 0 aromatic heterocycles. The van der Waals surface area contributed by atoms with Crippen LogP contribution in [0.4, 0.5) is 0 Å². The van der Waals surface area contributed by atoms with Crippen molar-refractivity contribution in [2.75, 3.05) is 0 Å². The summed E-state index contributed by atoms with van der Waals surface area (Å²) in [5.74, 6) is 2.83. The average molecular weight is 206 g/mol. The van der Waals surface area contributed by atoms with E-state index >= 15 is 0 Å². The minimum absolute atomic E-state index is 0.347. The number of carbonyl (C=O) groups is 1. The molecule has 4 unspecified atom stereocenters. The third kappa shape index (κ3) is 2.02. The SMILES string of the molecule is CCCC1CCC(=O)C2C(C)C=CCC12. The maximum atomic E-state index is 12.0. The molecule has 0 aliphatic heterocycles. The first-order valence-electron chi connectivity index (χ1n) is 6.43. The van der Waals surface area contributed by atoms with E-state index in [1.54, 1.807) is 0 Å². The molecule has 0 saturated heterocycles. The van der Waals surface area contributed by atoms with Crippen molar-refractivity contribution in [2.24, 2.45) is 23.7 Å². The molecule has 1 heteroatoms. The Balaban J connectivity index is 2.16. The van der Waals surface area contributed by atoms with Crippen LogP contribution in [0, 0.1) is 23.7 Å². The van der Waals surface area contributed by atoms with Crippen molar-refractivity contribution in [3.05, 3.63) is 12.2 Å². The molecule has 0 heterocycles. The van der Waals surface area contributed by atoms with Crippen LogP contribution in [0.5, 0.6) is 0 Å². The van der Waals surface area contributed by atoms with Crippen LogP contribution in [0.3, 0.4) is 0 Å². The maximum Gasteiger partial charge on any atom is 0.136 e. The molecule has 4 atom stereocenters. The molecule has 1 saturated carbocycles. The van der Waals surface area contributed by atoms with Crippen LogP contribution in [0.15, 0.2) is 12.2 Å². The van der Waals surface area contributed by atoms with Crippen molar-refractivity contribution < 1.29 is 4.79 Å². The number of Topliss-reactive ketones (excluding diaryl/α,β-unsaturated/α-hetero) is 1. The Hall–Kier alpha value is -0.590. The lowest BCUT2D eigenvalue weighted by atomic mass is 9.62. The minimum atomic E-state index is 0.347. The molecule has 84 valence electrons. The Labute approximate surface area is 92.9 Å². The Kier molecular flexibility index (Phi) is 3.28. The molecule has 0 radical (unpaired) electrons. The topological polar surface area (TPSA) is 17.1 Å². The molecule has 0 N–H and O–H groups in total. The number of fused-ring (bicyclic) bond motifs is 1. The van der Waals surface area contributed by atoms with Crippen molar-refractivity contribution in [3.8, 4) is 0 Å². The number of carbonyl (C=O) groups excluding carboxylic acids is 1. The maximum absolute atomic E-state index is 12.0. The number of allylic oxidation sites excluding steroid dienone is 2. The number of rotatable bonds is 2. The summed E-state index contributed by atoms with van der Waals surface area (Å²) in [6.07, 6.45) is 10.2. The fourth-order valence-corrected chi connectivity index (χ4v) is 3.56. The fourth-order valence-electron chi connectivity index (χ4n) is 3.56. The predicted molar refractivity (Wildman–Crippen MR) is 62.5 cm³/mol. The summed E-state index contributed by atoms with van der Waals surface area (Å²) in [6.45, 7) is 4.47. The molecule has 15 heavy (non-hydrogen) atoms. The summed E-state index contributed by atoms with van der Waals surface area (Å²) in [4.78, 5) is 12.0. The van der Waals surface area contributed by atoms with Gasteiger partial charge in [0.1, 0.15) is 5.78 Å². The molecule has 0 aromatic carbocycles. The van der Waals surface area contributed by atoms with Gasteiger partial charge in [-0.3, -0.25) is 4.79 Å². The second-order valence-corrected chi connectivity index (χ2v) is 5.27. The van der Waals surface area contributed by atoms with Crippen LogP contribution < -0.4 is 0 Å². The summed E-state index contributed by atoms with van der Waals surface area (Å²) in [5.41, 5.74) is 0. The van der Waals surface area contributed by atoms with Gasteiger partial charge in [-0.2, -0.15) is 0 Å². The van der Waals surface area contributed by atoms with Gasteiger partial charge in [-0.05, 0) is 30.6 Å². The van der Waals surface area contributed by atoms with Gasteiger partial charge in [0.15, 0.2) is 0 Å². The highest BCUT2D eigenvalue weighted by atomic mass is 16.1. The van der Waals surface area contributed by atoms with E-state index in [2.05, 4.69) is 26.0 Å². The summed E-state index contributed by atoms with van der Waals surface area (Å²) < 4.78 is 0. The zero-order valence-corrected chi connectivity index (χ0v) is 9.91. The molecule has 1 nitrogen and oxygen atoms in total. The van der Waals surface area contributed by atoms with Crippen LogP contribution in [0.1, 0.15) is 46.0 Å². The zero-order chi connectivity index (χ0) is 10.8.